The van der Waals surface area contributed by atoms with Crippen LogP contribution in [0.2, 0.25) is 0 Å². The van der Waals surface area contributed by atoms with Gasteiger partial charge in [-0.3, -0.25) is 0 Å². The van der Waals surface area contributed by atoms with Gasteiger partial charge in [0.05, 0.1) is 10.5 Å². The first-order chi connectivity index (χ1) is 4.55. The molecule has 58 valence electrons. The molecule has 0 amide bonds. The minimum absolute atomic E-state index is 0.163. The van der Waals surface area contributed by atoms with Crippen molar-refractivity contribution in [3.05, 3.63) is 6.42 Å². The summed E-state index contributed by atoms with van der Waals surface area (Å²) in [5.41, 5.74) is 0. The van der Waals surface area contributed by atoms with Crippen LogP contribution in [-0.2, 0) is 9.84 Å². The van der Waals surface area contributed by atoms with Crippen LogP contribution in [-0.4, -0.2) is 18.9 Å². The summed E-state index contributed by atoms with van der Waals surface area (Å²) < 4.78 is 22.5. The van der Waals surface area contributed by atoms with Crippen molar-refractivity contribution < 1.29 is 8.42 Å². The van der Waals surface area contributed by atoms with Crippen LogP contribution in [0.3, 0.4) is 0 Å². The predicted octanol–water partition coefficient (Wildman–Crippen LogP) is 1.05. The second kappa shape index (κ2) is 2.53. The highest BCUT2D eigenvalue weighted by Gasteiger charge is 2.31. The summed E-state index contributed by atoms with van der Waals surface area (Å²) in [7, 11) is -2.85. The van der Waals surface area contributed by atoms with E-state index in [1.54, 1.807) is 13.8 Å². The lowest BCUT2D eigenvalue weighted by molar-refractivity contribution is 0.553. The zero-order valence-electron chi connectivity index (χ0n) is 6.29. The molecule has 0 aliphatic carbocycles. The summed E-state index contributed by atoms with van der Waals surface area (Å²) in [6.07, 6.45) is 4.48. The Morgan fingerprint density at radius 3 is 2.40 bits per heavy atom. The molecule has 0 saturated carbocycles. The van der Waals surface area contributed by atoms with Crippen LogP contribution in [0.1, 0.15) is 26.7 Å². The monoisotopic (exact) mass is 160 g/mol. The van der Waals surface area contributed by atoms with E-state index in [9.17, 15) is 8.42 Å². The molecule has 10 heavy (non-hydrogen) atoms. The molecule has 1 fully saturated rings. The van der Waals surface area contributed by atoms with E-state index in [1.165, 1.54) is 0 Å². The maximum Gasteiger partial charge on any atom is 0.156 e. The number of hydrogen-bond acceptors (Lipinski definition) is 2. The quantitative estimate of drug-likeness (QED) is 0.531. The van der Waals surface area contributed by atoms with E-state index in [0.29, 0.717) is 0 Å². The van der Waals surface area contributed by atoms with Gasteiger partial charge in [0, 0.05) is 6.42 Å². The largest absolute Gasteiger partial charge is 0.228 e. The third-order valence-corrected chi connectivity index (χ3v) is 4.55. The molecular formula is C7H12O2S. The van der Waals surface area contributed by atoms with Gasteiger partial charge in [-0.15, -0.1) is 0 Å². The predicted molar refractivity (Wildman–Crippen MR) is 40.3 cm³/mol. The van der Waals surface area contributed by atoms with Crippen molar-refractivity contribution in [1.82, 2.24) is 0 Å². The van der Waals surface area contributed by atoms with Crippen molar-refractivity contribution in [3.63, 3.8) is 0 Å². The Kier molecular flexibility index (Phi) is 2.04. The van der Waals surface area contributed by atoms with E-state index in [2.05, 4.69) is 6.42 Å². The molecular weight excluding hydrogens is 148 g/mol. The Labute approximate surface area is 62.5 Å². The topological polar surface area (TPSA) is 34.1 Å². The summed E-state index contributed by atoms with van der Waals surface area (Å²) in [5.74, 6) is 0. The molecule has 2 radical (unpaired) electrons. The van der Waals surface area contributed by atoms with Crippen molar-refractivity contribution >= 4 is 9.84 Å². The van der Waals surface area contributed by atoms with Crippen molar-refractivity contribution in [1.29, 1.82) is 0 Å². The van der Waals surface area contributed by atoms with Gasteiger partial charge >= 0.3 is 0 Å². The molecule has 1 heterocycles. The Hall–Kier alpha value is -0.0500. The smallest absolute Gasteiger partial charge is 0.156 e. The molecule has 2 nitrogen and oxygen atoms in total. The molecule has 0 bridgehead atoms. The zero-order valence-corrected chi connectivity index (χ0v) is 7.11. The van der Waals surface area contributed by atoms with Gasteiger partial charge in [-0.25, -0.2) is 8.42 Å². The van der Waals surface area contributed by atoms with E-state index in [1.807, 2.05) is 0 Å². The summed E-state index contributed by atoms with van der Waals surface area (Å²) in [6, 6.07) is 0. The minimum atomic E-state index is -2.85. The SMILES string of the molecule is CC1[C]CCC(C)S1(=O)=O. The van der Waals surface area contributed by atoms with Crippen LogP contribution in [0.5, 0.6) is 0 Å². The highest BCUT2D eigenvalue weighted by atomic mass is 32.2. The Morgan fingerprint density at radius 2 is 2.00 bits per heavy atom. The van der Waals surface area contributed by atoms with Gasteiger partial charge in [0.2, 0.25) is 0 Å². The Bertz CT molecular complexity index is 190. The fraction of sp³-hybridized carbons (Fsp3) is 0.857. The second-order valence-corrected chi connectivity index (χ2v) is 5.47. The number of hydrogen-bond donors (Lipinski definition) is 0. The molecule has 1 aliphatic rings. The summed E-state index contributed by atoms with van der Waals surface area (Å²) >= 11 is 0. The summed E-state index contributed by atoms with van der Waals surface area (Å²) in [4.78, 5) is 0. The molecule has 0 N–H and O–H groups in total. The summed E-state index contributed by atoms with van der Waals surface area (Å²) in [5, 5.41) is -0.514. The third-order valence-electron chi connectivity index (χ3n) is 2.04. The fourth-order valence-electron chi connectivity index (χ4n) is 1.12. The molecule has 0 aromatic heterocycles. The number of rotatable bonds is 0. The van der Waals surface area contributed by atoms with E-state index in [4.69, 9.17) is 0 Å². The van der Waals surface area contributed by atoms with Crippen LogP contribution in [0.25, 0.3) is 0 Å². The van der Waals surface area contributed by atoms with Gasteiger partial charge in [-0.2, -0.15) is 0 Å². The van der Waals surface area contributed by atoms with Crippen LogP contribution in [0.15, 0.2) is 0 Å². The van der Waals surface area contributed by atoms with Crippen molar-refractivity contribution in [2.75, 3.05) is 0 Å². The Balaban J connectivity index is 2.84. The standard InChI is InChI=1S/C7H12O2S/c1-6-4-3-5-7(2)10(6,8)9/h6-7H,3-4H2,1-2H3. The molecule has 3 heteroatoms. The van der Waals surface area contributed by atoms with Gasteiger partial charge in [0.25, 0.3) is 0 Å². The average Bonchev–Trinajstić information content (AvgIpc) is 1.84. The maximum absolute atomic E-state index is 11.3. The van der Waals surface area contributed by atoms with Crippen LogP contribution in [0.4, 0.5) is 0 Å². The normalized spacial score (nSPS) is 39.4. The van der Waals surface area contributed by atoms with Crippen LogP contribution in [0, 0.1) is 6.42 Å². The van der Waals surface area contributed by atoms with Crippen LogP contribution >= 0.6 is 0 Å². The van der Waals surface area contributed by atoms with E-state index in [-0.39, 0.29) is 10.5 Å². The molecule has 0 aromatic rings. The molecule has 1 aliphatic heterocycles. The lowest BCUT2D eigenvalue weighted by Gasteiger charge is -2.23. The molecule has 2 unspecified atom stereocenters. The van der Waals surface area contributed by atoms with Gasteiger partial charge in [0.15, 0.2) is 9.84 Å². The summed E-state index contributed by atoms with van der Waals surface area (Å²) in [6.45, 7) is 3.47. The highest BCUT2D eigenvalue weighted by molar-refractivity contribution is 7.92. The number of sulfone groups is 1. The molecule has 2 atom stereocenters. The van der Waals surface area contributed by atoms with Gasteiger partial charge in [-0.1, -0.05) is 0 Å². The molecule has 1 saturated heterocycles. The fourth-order valence-corrected chi connectivity index (χ4v) is 2.61. The zero-order chi connectivity index (χ0) is 7.78. The van der Waals surface area contributed by atoms with Gasteiger partial charge in [-0.05, 0) is 26.7 Å². The first-order valence-corrected chi connectivity index (χ1v) is 5.12. The minimum Gasteiger partial charge on any atom is -0.228 e. The van der Waals surface area contributed by atoms with Gasteiger partial charge < -0.3 is 0 Å². The average molecular weight is 160 g/mol. The second-order valence-electron chi connectivity index (χ2n) is 2.78. The van der Waals surface area contributed by atoms with E-state index < -0.39 is 9.84 Å². The van der Waals surface area contributed by atoms with Crippen LogP contribution < -0.4 is 0 Å². The van der Waals surface area contributed by atoms with Crippen molar-refractivity contribution in [3.8, 4) is 0 Å². The first-order valence-electron chi connectivity index (χ1n) is 3.51. The van der Waals surface area contributed by atoms with E-state index >= 15 is 0 Å². The lowest BCUT2D eigenvalue weighted by Crippen LogP contribution is -2.32. The maximum atomic E-state index is 11.3. The van der Waals surface area contributed by atoms with E-state index in [0.717, 1.165) is 12.8 Å². The Morgan fingerprint density at radius 1 is 1.40 bits per heavy atom. The first kappa shape index (κ1) is 8.05. The molecule has 0 aromatic carbocycles. The van der Waals surface area contributed by atoms with Gasteiger partial charge in [0.1, 0.15) is 0 Å². The highest BCUT2D eigenvalue weighted by Crippen LogP contribution is 2.23. The van der Waals surface area contributed by atoms with Crippen molar-refractivity contribution in [2.24, 2.45) is 0 Å². The van der Waals surface area contributed by atoms with Crippen molar-refractivity contribution in [2.45, 2.75) is 37.2 Å². The lowest BCUT2D eigenvalue weighted by atomic mass is 10.1. The molecule has 0 spiro atoms. The third kappa shape index (κ3) is 1.19. The molecule has 1 rings (SSSR count).